The topological polar surface area (TPSA) is 39.9 Å². The van der Waals surface area contributed by atoms with E-state index < -0.39 is 0 Å². The normalized spacial score (nSPS) is 11.1. The number of hydrogen-bond donors (Lipinski definition) is 0. The average Bonchev–Trinajstić information content (AvgIpc) is 2.83. The summed E-state index contributed by atoms with van der Waals surface area (Å²) in [5.74, 6) is 0.919. The number of nitrogens with zero attached hydrogens (tertiary/aromatic N) is 3. The molecule has 0 saturated carbocycles. The van der Waals surface area contributed by atoms with Crippen LogP contribution in [0.5, 0.6) is 0 Å². The van der Waals surface area contributed by atoms with Gasteiger partial charge in [0.1, 0.15) is 11.3 Å². The van der Waals surface area contributed by atoms with E-state index in [9.17, 15) is 0 Å². The highest BCUT2D eigenvalue weighted by atomic mass is 35.5. The van der Waals surface area contributed by atoms with Crippen LogP contribution < -0.4 is 0 Å². The second-order valence-electron chi connectivity index (χ2n) is 4.43. The van der Waals surface area contributed by atoms with Crippen LogP contribution in [0.3, 0.4) is 0 Å². The third kappa shape index (κ3) is 2.40. The van der Waals surface area contributed by atoms with Gasteiger partial charge in [-0.15, -0.1) is 0 Å². The van der Waals surface area contributed by atoms with Crippen molar-refractivity contribution in [2.45, 2.75) is 6.42 Å². The smallest absolute Gasteiger partial charge is 0.164 e. The molecule has 0 radical (unpaired) electrons. The van der Waals surface area contributed by atoms with Gasteiger partial charge in [0.25, 0.3) is 0 Å². The number of imidazole rings is 1. The van der Waals surface area contributed by atoms with E-state index in [-0.39, 0.29) is 0 Å². The third-order valence-electron chi connectivity index (χ3n) is 3.08. The van der Waals surface area contributed by atoms with Crippen LogP contribution in [0.4, 0.5) is 0 Å². The number of fused-ring (bicyclic) bond motifs is 1. The van der Waals surface area contributed by atoms with Gasteiger partial charge in [-0.05, 0) is 30.3 Å². The maximum atomic E-state index is 6.09. The summed E-state index contributed by atoms with van der Waals surface area (Å²) in [5.41, 5.74) is 2.67. The van der Waals surface area contributed by atoms with E-state index in [1.165, 1.54) is 0 Å². The van der Waals surface area contributed by atoms with Gasteiger partial charge in [-0.3, -0.25) is 4.57 Å². The molecule has 0 saturated heterocycles. The van der Waals surface area contributed by atoms with Gasteiger partial charge in [0.2, 0.25) is 0 Å². The predicted octanol–water partition coefficient (Wildman–Crippen LogP) is 3.26. The average molecular weight is 288 g/mol. The van der Waals surface area contributed by atoms with Gasteiger partial charge in [0, 0.05) is 24.8 Å². The van der Waals surface area contributed by atoms with Gasteiger partial charge in [-0.2, -0.15) is 0 Å². The first-order chi connectivity index (χ1) is 9.79. The first kappa shape index (κ1) is 13.1. The number of aromatic nitrogens is 3. The van der Waals surface area contributed by atoms with Crippen molar-refractivity contribution in [3.63, 3.8) is 0 Å². The standard InChI is InChI=1S/C15H14ClN3O/c1-20-9-7-14-18-13-6-3-8-17-15(13)19(14)12-5-2-4-11(16)10-12/h2-6,8,10H,7,9H2,1H3. The molecule has 0 unspecified atom stereocenters. The predicted molar refractivity (Wildman–Crippen MR) is 79.5 cm³/mol. The number of benzene rings is 1. The number of methoxy groups -OCH3 is 1. The van der Waals surface area contributed by atoms with Crippen LogP contribution in [-0.4, -0.2) is 28.3 Å². The van der Waals surface area contributed by atoms with Gasteiger partial charge < -0.3 is 4.74 Å². The van der Waals surface area contributed by atoms with Gasteiger partial charge >= 0.3 is 0 Å². The first-order valence-electron chi connectivity index (χ1n) is 6.37. The molecular formula is C15H14ClN3O. The lowest BCUT2D eigenvalue weighted by atomic mass is 10.3. The summed E-state index contributed by atoms with van der Waals surface area (Å²) in [7, 11) is 1.69. The highest BCUT2D eigenvalue weighted by Gasteiger charge is 2.13. The van der Waals surface area contributed by atoms with Crippen LogP contribution in [0.15, 0.2) is 42.6 Å². The van der Waals surface area contributed by atoms with Crippen molar-refractivity contribution in [1.29, 1.82) is 0 Å². The summed E-state index contributed by atoms with van der Waals surface area (Å²) in [6.07, 6.45) is 2.49. The Kier molecular flexibility index (Phi) is 3.67. The van der Waals surface area contributed by atoms with Crippen LogP contribution in [-0.2, 0) is 11.2 Å². The monoisotopic (exact) mass is 287 g/mol. The number of pyridine rings is 1. The fourth-order valence-electron chi connectivity index (χ4n) is 2.21. The van der Waals surface area contributed by atoms with Crippen LogP contribution in [0.25, 0.3) is 16.9 Å². The highest BCUT2D eigenvalue weighted by molar-refractivity contribution is 6.30. The Morgan fingerprint density at radius 3 is 2.95 bits per heavy atom. The molecule has 5 heteroatoms. The van der Waals surface area contributed by atoms with E-state index in [0.29, 0.717) is 11.6 Å². The minimum absolute atomic E-state index is 0.615. The first-order valence-corrected chi connectivity index (χ1v) is 6.74. The molecule has 3 rings (SSSR count). The molecule has 102 valence electrons. The number of halogens is 1. The largest absolute Gasteiger partial charge is 0.384 e. The van der Waals surface area contributed by atoms with Crippen LogP contribution in [0, 0.1) is 0 Å². The minimum Gasteiger partial charge on any atom is -0.384 e. The molecule has 0 fully saturated rings. The fraction of sp³-hybridized carbons (Fsp3) is 0.200. The summed E-state index contributed by atoms with van der Waals surface area (Å²) in [4.78, 5) is 9.07. The Morgan fingerprint density at radius 1 is 1.25 bits per heavy atom. The molecule has 0 bridgehead atoms. The maximum Gasteiger partial charge on any atom is 0.164 e. The van der Waals surface area contributed by atoms with Gasteiger partial charge in [0.15, 0.2) is 5.65 Å². The molecule has 0 aliphatic heterocycles. The summed E-state index contributed by atoms with van der Waals surface area (Å²) in [5, 5.41) is 0.693. The molecule has 1 aromatic carbocycles. The Morgan fingerprint density at radius 2 is 2.15 bits per heavy atom. The lowest BCUT2D eigenvalue weighted by molar-refractivity contribution is 0.200. The quantitative estimate of drug-likeness (QED) is 0.739. The van der Waals surface area contributed by atoms with Crippen LogP contribution in [0.1, 0.15) is 5.82 Å². The zero-order valence-electron chi connectivity index (χ0n) is 11.1. The lowest BCUT2D eigenvalue weighted by Crippen LogP contribution is -2.05. The molecule has 2 heterocycles. The van der Waals surface area contributed by atoms with Crippen molar-refractivity contribution < 1.29 is 4.74 Å². The van der Waals surface area contributed by atoms with Crippen molar-refractivity contribution in [1.82, 2.24) is 14.5 Å². The minimum atomic E-state index is 0.615. The van der Waals surface area contributed by atoms with E-state index in [2.05, 4.69) is 9.97 Å². The van der Waals surface area contributed by atoms with Gasteiger partial charge in [-0.1, -0.05) is 17.7 Å². The molecular weight excluding hydrogens is 274 g/mol. The SMILES string of the molecule is COCCc1nc2cccnc2n1-c1cccc(Cl)c1. The number of ether oxygens (including phenoxy) is 1. The molecule has 20 heavy (non-hydrogen) atoms. The summed E-state index contributed by atoms with van der Waals surface area (Å²) in [6, 6.07) is 11.5. The number of rotatable bonds is 4. The highest BCUT2D eigenvalue weighted by Crippen LogP contribution is 2.22. The Balaban J connectivity index is 2.20. The molecule has 3 aromatic rings. The zero-order chi connectivity index (χ0) is 13.9. The molecule has 0 N–H and O–H groups in total. The Hall–Kier alpha value is -1.91. The summed E-state index contributed by atoms with van der Waals surface area (Å²) in [6.45, 7) is 0.615. The maximum absolute atomic E-state index is 6.09. The zero-order valence-corrected chi connectivity index (χ0v) is 11.8. The van der Waals surface area contributed by atoms with Gasteiger partial charge in [-0.25, -0.2) is 9.97 Å². The Bertz CT molecular complexity index is 739. The van der Waals surface area contributed by atoms with Gasteiger partial charge in [0.05, 0.1) is 12.3 Å². The van der Waals surface area contributed by atoms with Crippen LogP contribution >= 0.6 is 11.6 Å². The fourth-order valence-corrected chi connectivity index (χ4v) is 2.39. The Labute approximate surface area is 122 Å². The molecule has 0 aliphatic rings. The molecule has 0 amide bonds. The van der Waals surface area contributed by atoms with E-state index in [4.69, 9.17) is 16.3 Å². The summed E-state index contributed by atoms with van der Waals surface area (Å²) >= 11 is 6.09. The van der Waals surface area contributed by atoms with Crippen molar-refractivity contribution in [3.8, 4) is 5.69 Å². The molecule has 0 spiro atoms. The molecule has 0 aliphatic carbocycles. The number of hydrogen-bond acceptors (Lipinski definition) is 3. The van der Waals surface area contributed by atoms with Crippen molar-refractivity contribution in [3.05, 3.63) is 53.4 Å². The third-order valence-corrected chi connectivity index (χ3v) is 3.32. The van der Waals surface area contributed by atoms with Crippen molar-refractivity contribution >= 4 is 22.8 Å². The molecule has 0 atom stereocenters. The van der Waals surface area contributed by atoms with E-state index >= 15 is 0 Å². The van der Waals surface area contributed by atoms with E-state index in [1.54, 1.807) is 13.3 Å². The second-order valence-corrected chi connectivity index (χ2v) is 4.87. The lowest BCUT2D eigenvalue weighted by Gasteiger charge is -2.08. The molecule has 4 nitrogen and oxygen atoms in total. The van der Waals surface area contributed by atoms with Crippen molar-refractivity contribution in [2.24, 2.45) is 0 Å². The second kappa shape index (κ2) is 5.61. The van der Waals surface area contributed by atoms with Crippen LogP contribution in [0.2, 0.25) is 5.02 Å². The van der Waals surface area contributed by atoms with E-state index in [0.717, 1.165) is 29.1 Å². The van der Waals surface area contributed by atoms with E-state index in [1.807, 2.05) is 41.0 Å². The van der Waals surface area contributed by atoms with Crippen molar-refractivity contribution in [2.75, 3.05) is 13.7 Å². The summed E-state index contributed by atoms with van der Waals surface area (Å²) < 4.78 is 7.18. The molecule has 2 aromatic heterocycles.